The summed E-state index contributed by atoms with van der Waals surface area (Å²) in [7, 11) is 1.83. The molecule has 0 heterocycles. The average Bonchev–Trinajstić information content (AvgIpc) is 2.22. The highest BCUT2D eigenvalue weighted by atomic mass is 19.4. The van der Waals surface area contributed by atoms with Crippen LogP contribution in [0.4, 0.5) is 13.2 Å². The van der Waals surface area contributed by atoms with Crippen molar-refractivity contribution in [3.63, 3.8) is 0 Å². The molecule has 0 aliphatic carbocycles. The third-order valence-electron chi connectivity index (χ3n) is 2.35. The lowest BCUT2D eigenvalue weighted by atomic mass is 10.1. The first-order valence-corrected chi connectivity index (χ1v) is 5.46. The molecule has 0 aliphatic heterocycles. The van der Waals surface area contributed by atoms with Crippen LogP contribution in [0, 0.1) is 6.92 Å². The third-order valence-corrected chi connectivity index (χ3v) is 2.35. The number of halogens is 3. The molecule has 0 atom stereocenters. The van der Waals surface area contributed by atoms with Gasteiger partial charge < -0.3 is 10.6 Å². The van der Waals surface area contributed by atoms with Crippen molar-refractivity contribution in [1.82, 2.24) is 10.6 Å². The smallest absolute Gasteiger partial charge is 0.318 e. The number of aryl methyl sites for hydroxylation is 1. The minimum atomic E-state index is -4.27. The van der Waals surface area contributed by atoms with E-state index < -0.39 is 11.7 Å². The van der Waals surface area contributed by atoms with Gasteiger partial charge in [0.15, 0.2) is 0 Å². The number of rotatable bonds is 5. The summed E-state index contributed by atoms with van der Waals surface area (Å²) in [6.07, 6.45) is -4.27. The topological polar surface area (TPSA) is 24.1 Å². The summed E-state index contributed by atoms with van der Waals surface area (Å²) in [6, 6.07) is 4.12. The summed E-state index contributed by atoms with van der Waals surface area (Å²) < 4.78 is 37.7. The fraction of sp³-hybridized carbons (Fsp3) is 0.500. The van der Waals surface area contributed by atoms with Gasteiger partial charge in [-0.3, -0.25) is 0 Å². The van der Waals surface area contributed by atoms with Gasteiger partial charge >= 0.3 is 6.18 Å². The number of hydrogen-bond acceptors (Lipinski definition) is 2. The predicted octanol–water partition coefficient (Wildman–Crippen LogP) is 2.32. The van der Waals surface area contributed by atoms with Gasteiger partial charge in [-0.25, -0.2) is 0 Å². The molecule has 0 saturated carbocycles. The normalized spacial score (nSPS) is 11.8. The van der Waals surface area contributed by atoms with Crippen LogP contribution in [-0.4, -0.2) is 20.1 Å². The molecule has 1 aromatic carbocycles. The Balaban J connectivity index is 2.69. The van der Waals surface area contributed by atoms with Crippen LogP contribution < -0.4 is 10.6 Å². The average molecular weight is 246 g/mol. The van der Waals surface area contributed by atoms with Gasteiger partial charge in [-0.1, -0.05) is 11.6 Å². The lowest BCUT2D eigenvalue weighted by Crippen LogP contribution is -2.24. The monoisotopic (exact) mass is 246 g/mol. The lowest BCUT2D eigenvalue weighted by Gasteiger charge is -2.11. The molecular weight excluding hydrogens is 229 g/mol. The lowest BCUT2D eigenvalue weighted by molar-refractivity contribution is -0.137. The summed E-state index contributed by atoms with van der Waals surface area (Å²) in [5.41, 5.74) is 0.710. The zero-order chi connectivity index (χ0) is 12.9. The van der Waals surface area contributed by atoms with Crippen LogP contribution in [-0.2, 0) is 12.7 Å². The van der Waals surface area contributed by atoms with Gasteiger partial charge in [-0.05, 0) is 31.7 Å². The van der Waals surface area contributed by atoms with E-state index in [4.69, 9.17) is 0 Å². The van der Waals surface area contributed by atoms with Crippen LogP contribution in [0.3, 0.4) is 0 Å². The van der Waals surface area contributed by atoms with E-state index >= 15 is 0 Å². The molecule has 2 nitrogen and oxygen atoms in total. The molecule has 0 aliphatic rings. The molecule has 0 saturated heterocycles. The van der Waals surface area contributed by atoms with Gasteiger partial charge in [-0.2, -0.15) is 13.2 Å². The third kappa shape index (κ3) is 4.75. The van der Waals surface area contributed by atoms with E-state index in [9.17, 15) is 13.2 Å². The minimum absolute atomic E-state index is 0.451. The maximum absolute atomic E-state index is 12.6. The Bertz CT molecular complexity index is 361. The first kappa shape index (κ1) is 14.0. The Morgan fingerprint density at radius 3 is 2.41 bits per heavy atom. The maximum Gasteiger partial charge on any atom is 0.416 e. The van der Waals surface area contributed by atoms with Crippen molar-refractivity contribution in [2.45, 2.75) is 19.6 Å². The summed E-state index contributed by atoms with van der Waals surface area (Å²) >= 11 is 0. The zero-order valence-electron chi connectivity index (χ0n) is 9.99. The minimum Gasteiger partial charge on any atom is -0.318 e. The van der Waals surface area contributed by atoms with Crippen molar-refractivity contribution < 1.29 is 13.2 Å². The second-order valence-electron chi connectivity index (χ2n) is 3.99. The SMILES string of the molecule is CNCCNCc1cc(C)cc(C(F)(F)F)c1. The van der Waals surface area contributed by atoms with E-state index in [1.165, 1.54) is 6.07 Å². The van der Waals surface area contributed by atoms with Gasteiger partial charge in [-0.15, -0.1) is 0 Å². The standard InChI is InChI=1S/C12H17F3N2/c1-9-5-10(8-17-4-3-16-2)7-11(6-9)12(13,14)15/h5-7,16-17H,3-4,8H2,1-2H3. The van der Waals surface area contributed by atoms with E-state index in [1.807, 2.05) is 7.05 Å². The molecule has 0 amide bonds. The Labute approximate surface area is 99.2 Å². The quantitative estimate of drug-likeness (QED) is 0.779. The first-order chi connectivity index (χ1) is 7.93. The van der Waals surface area contributed by atoms with Gasteiger partial charge in [0.2, 0.25) is 0 Å². The molecule has 0 fully saturated rings. The number of benzene rings is 1. The van der Waals surface area contributed by atoms with Crippen LogP contribution in [0.15, 0.2) is 18.2 Å². The first-order valence-electron chi connectivity index (χ1n) is 5.46. The van der Waals surface area contributed by atoms with Gasteiger partial charge in [0, 0.05) is 19.6 Å². The van der Waals surface area contributed by atoms with Gasteiger partial charge in [0.25, 0.3) is 0 Å². The maximum atomic E-state index is 12.6. The fourth-order valence-electron chi connectivity index (χ4n) is 1.57. The van der Waals surface area contributed by atoms with Gasteiger partial charge in [0.1, 0.15) is 0 Å². The van der Waals surface area contributed by atoms with Crippen molar-refractivity contribution in [2.24, 2.45) is 0 Å². The molecule has 2 N–H and O–H groups in total. The summed E-state index contributed by atoms with van der Waals surface area (Å²) in [6.45, 7) is 3.64. The zero-order valence-corrected chi connectivity index (χ0v) is 9.99. The van der Waals surface area contributed by atoms with Crippen molar-refractivity contribution >= 4 is 0 Å². The molecule has 0 radical (unpaired) electrons. The molecular formula is C12H17F3N2. The molecule has 0 spiro atoms. The molecule has 0 unspecified atom stereocenters. The molecule has 0 aromatic heterocycles. The van der Waals surface area contributed by atoms with Crippen molar-refractivity contribution in [1.29, 1.82) is 0 Å². The highest BCUT2D eigenvalue weighted by Crippen LogP contribution is 2.30. The largest absolute Gasteiger partial charge is 0.416 e. The summed E-state index contributed by atoms with van der Waals surface area (Å²) in [5.74, 6) is 0. The highest BCUT2D eigenvalue weighted by Gasteiger charge is 2.30. The Kier molecular flexibility index (Phi) is 4.96. The second-order valence-corrected chi connectivity index (χ2v) is 3.99. The van der Waals surface area contributed by atoms with Gasteiger partial charge in [0.05, 0.1) is 5.56 Å². The van der Waals surface area contributed by atoms with Crippen molar-refractivity contribution in [3.8, 4) is 0 Å². The second kappa shape index (κ2) is 6.02. The van der Waals surface area contributed by atoms with Crippen molar-refractivity contribution in [2.75, 3.05) is 20.1 Å². The number of hydrogen-bond donors (Lipinski definition) is 2. The molecule has 96 valence electrons. The number of alkyl halides is 3. The summed E-state index contributed by atoms with van der Waals surface area (Å²) in [5, 5.41) is 6.04. The van der Waals surface area contributed by atoms with E-state index in [-0.39, 0.29) is 0 Å². The fourth-order valence-corrected chi connectivity index (χ4v) is 1.57. The van der Waals surface area contributed by atoms with Crippen LogP contribution in [0.5, 0.6) is 0 Å². The molecule has 1 rings (SSSR count). The molecule has 0 bridgehead atoms. The highest BCUT2D eigenvalue weighted by molar-refractivity contribution is 5.31. The van der Waals surface area contributed by atoms with E-state index in [1.54, 1.807) is 13.0 Å². The number of nitrogens with one attached hydrogen (secondary N) is 2. The molecule has 17 heavy (non-hydrogen) atoms. The Morgan fingerprint density at radius 1 is 1.12 bits per heavy atom. The van der Waals surface area contributed by atoms with E-state index in [0.29, 0.717) is 17.7 Å². The number of likely N-dealkylation sites (N-methyl/N-ethyl adjacent to an activating group) is 1. The predicted molar refractivity (Wildman–Crippen MR) is 61.8 cm³/mol. The molecule has 1 aromatic rings. The van der Waals surface area contributed by atoms with Crippen molar-refractivity contribution in [3.05, 3.63) is 34.9 Å². The van der Waals surface area contributed by atoms with E-state index in [2.05, 4.69) is 10.6 Å². The Morgan fingerprint density at radius 2 is 1.82 bits per heavy atom. The van der Waals surface area contributed by atoms with E-state index in [0.717, 1.165) is 19.2 Å². The van der Waals surface area contributed by atoms with Crippen LogP contribution in [0.1, 0.15) is 16.7 Å². The summed E-state index contributed by atoms with van der Waals surface area (Å²) in [4.78, 5) is 0. The Hall–Kier alpha value is -1.07. The van der Waals surface area contributed by atoms with Crippen LogP contribution in [0.25, 0.3) is 0 Å². The van der Waals surface area contributed by atoms with Crippen LogP contribution >= 0.6 is 0 Å². The van der Waals surface area contributed by atoms with Crippen LogP contribution in [0.2, 0.25) is 0 Å². The molecule has 5 heteroatoms.